The van der Waals surface area contributed by atoms with Crippen LogP contribution in [0.15, 0.2) is 18.7 Å². The summed E-state index contributed by atoms with van der Waals surface area (Å²) in [5, 5.41) is 1.78. The second-order valence-electron chi connectivity index (χ2n) is 3.31. The lowest BCUT2D eigenvalue weighted by Crippen LogP contribution is -2.29. The van der Waals surface area contributed by atoms with Gasteiger partial charge in [0.15, 0.2) is 0 Å². The van der Waals surface area contributed by atoms with Crippen LogP contribution in [0.4, 0.5) is 0 Å². The van der Waals surface area contributed by atoms with Gasteiger partial charge in [0.1, 0.15) is 0 Å². The molecular weight excluding hydrogens is 168 g/mol. The van der Waals surface area contributed by atoms with Crippen molar-refractivity contribution in [3.8, 4) is 0 Å². The fourth-order valence-electron chi connectivity index (χ4n) is 1.77. The minimum atomic E-state index is 0.166. The first-order valence-electron chi connectivity index (χ1n) is 4.31. The fraction of sp³-hybridized carbons (Fsp3) is 0.625. The highest BCUT2D eigenvalue weighted by molar-refractivity contribution is 4.91. The van der Waals surface area contributed by atoms with Crippen molar-refractivity contribution in [2.75, 3.05) is 20.2 Å². The third-order valence-electron chi connectivity index (χ3n) is 2.48. The van der Waals surface area contributed by atoms with Crippen molar-refractivity contribution in [3.63, 3.8) is 0 Å². The summed E-state index contributed by atoms with van der Waals surface area (Å²) in [5.74, 6) is 5.72. The van der Waals surface area contributed by atoms with E-state index in [1.807, 2.05) is 10.8 Å². The molecule has 1 saturated heterocycles. The molecule has 0 radical (unpaired) electrons. The van der Waals surface area contributed by atoms with Crippen molar-refractivity contribution in [3.05, 3.63) is 18.7 Å². The highest BCUT2D eigenvalue weighted by Crippen LogP contribution is 2.21. The van der Waals surface area contributed by atoms with E-state index >= 15 is 0 Å². The topological polar surface area (TPSA) is 56.3 Å². The zero-order valence-electron chi connectivity index (χ0n) is 7.63. The molecule has 5 heteroatoms. The molecule has 0 saturated carbocycles. The molecule has 1 aromatic rings. The first-order valence-corrected chi connectivity index (χ1v) is 4.31. The van der Waals surface area contributed by atoms with Crippen LogP contribution in [-0.2, 0) is 4.74 Å². The predicted octanol–water partition coefficient (Wildman–Crippen LogP) is -0.371. The summed E-state index contributed by atoms with van der Waals surface area (Å²) in [6.07, 6.45) is 5.68. The zero-order valence-corrected chi connectivity index (χ0v) is 7.63. The van der Waals surface area contributed by atoms with Crippen molar-refractivity contribution in [1.82, 2.24) is 14.6 Å². The van der Waals surface area contributed by atoms with Gasteiger partial charge < -0.3 is 9.30 Å². The molecule has 0 aliphatic carbocycles. The molecule has 0 unspecified atom stereocenters. The van der Waals surface area contributed by atoms with Crippen LogP contribution in [0.2, 0.25) is 0 Å². The molecule has 2 N–H and O–H groups in total. The molecule has 5 nitrogen and oxygen atoms in total. The van der Waals surface area contributed by atoms with E-state index in [4.69, 9.17) is 10.6 Å². The van der Waals surface area contributed by atoms with Gasteiger partial charge in [-0.15, -0.1) is 0 Å². The van der Waals surface area contributed by atoms with Gasteiger partial charge in [-0.25, -0.2) is 9.99 Å². The van der Waals surface area contributed by atoms with Gasteiger partial charge in [-0.05, 0) is 0 Å². The molecule has 13 heavy (non-hydrogen) atoms. The lowest BCUT2D eigenvalue weighted by Gasteiger charge is -2.17. The largest absolute Gasteiger partial charge is 0.378 e. The zero-order chi connectivity index (χ0) is 9.26. The summed E-state index contributed by atoms with van der Waals surface area (Å²) >= 11 is 0. The predicted molar refractivity (Wildman–Crippen MR) is 47.8 cm³/mol. The van der Waals surface area contributed by atoms with E-state index < -0.39 is 0 Å². The monoisotopic (exact) mass is 182 g/mol. The molecule has 2 heterocycles. The van der Waals surface area contributed by atoms with Gasteiger partial charge >= 0.3 is 0 Å². The number of imidazole rings is 1. The van der Waals surface area contributed by atoms with Gasteiger partial charge in [0.25, 0.3) is 0 Å². The molecule has 2 rings (SSSR count). The Morgan fingerprint density at radius 3 is 3.00 bits per heavy atom. The summed E-state index contributed by atoms with van der Waals surface area (Å²) in [5.41, 5.74) is 0. The first kappa shape index (κ1) is 8.68. The quantitative estimate of drug-likeness (QED) is 0.634. The number of hydrogen-bond donors (Lipinski definition) is 1. The lowest BCUT2D eigenvalue weighted by atomic mass is 10.2. The summed E-state index contributed by atoms with van der Waals surface area (Å²) in [4.78, 5) is 4.01. The maximum atomic E-state index is 5.72. The van der Waals surface area contributed by atoms with Gasteiger partial charge in [-0.3, -0.25) is 5.84 Å². The SMILES string of the molecule is CO[C@H]1CN(N)C[C@H]1n1ccnc1. The lowest BCUT2D eigenvalue weighted by molar-refractivity contribution is 0.0816. The molecule has 0 bridgehead atoms. The van der Waals surface area contributed by atoms with Crippen LogP contribution in [0.25, 0.3) is 0 Å². The van der Waals surface area contributed by atoms with Crippen molar-refractivity contribution in [2.24, 2.45) is 5.84 Å². The fourth-order valence-corrected chi connectivity index (χ4v) is 1.77. The van der Waals surface area contributed by atoms with Crippen LogP contribution >= 0.6 is 0 Å². The average molecular weight is 182 g/mol. The second kappa shape index (κ2) is 3.45. The average Bonchev–Trinajstić information content (AvgIpc) is 2.71. The number of hydrogen-bond acceptors (Lipinski definition) is 4. The Bertz CT molecular complexity index is 261. The molecule has 1 aliphatic rings. The number of nitrogens with two attached hydrogens (primary N) is 1. The van der Waals surface area contributed by atoms with E-state index in [0.29, 0.717) is 0 Å². The van der Waals surface area contributed by atoms with Gasteiger partial charge in [0, 0.05) is 32.6 Å². The van der Waals surface area contributed by atoms with Crippen LogP contribution < -0.4 is 5.84 Å². The first-order chi connectivity index (χ1) is 6.31. The summed E-state index contributed by atoms with van der Waals surface area (Å²) in [6.45, 7) is 1.59. The van der Waals surface area contributed by atoms with Crippen molar-refractivity contribution in [2.45, 2.75) is 12.1 Å². The Morgan fingerprint density at radius 1 is 1.54 bits per heavy atom. The maximum absolute atomic E-state index is 5.72. The minimum absolute atomic E-state index is 0.166. The molecule has 1 aromatic heterocycles. The Hall–Kier alpha value is -0.910. The van der Waals surface area contributed by atoms with Gasteiger partial charge in [-0.2, -0.15) is 0 Å². The summed E-state index contributed by atoms with van der Waals surface area (Å²) < 4.78 is 7.39. The number of methoxy groups -OCH3 is 1. The van der Waals surface area contributed by atoms with E-state index in [2.05, 4.69) is 4.98 Å². The standard InChI is InChI=1S/C8H14N4O/c1-13-8-5-12(9)4-7(8)11-3-2-10-6-11/h2-3,6-8H,4-5,9H2,1H3/t7-,8+/m1/s1. The van der Waals surface area contributed by atoms with Gasteiger partial charge in [0.05, 0.1) is 18.5 Å². The minimum Gasteiger partial charge on any atom is -0.378 e. The molecule has 0 aromatic carbocycles. The molecule has 2 atom stereocenters. The van der Waals surface area contributed by atoms with E-state index in [9.17, 15) is 0 Å². The van der Waals surface area contributed by atoms with Crippen LogP contribution in [-0.4, -0.2) is 40.9 Å². The molecular formula is C8H14N4O. The van der Waals surface area contributed by atoms with E-state index in [0.717, 1.165) is 13.1 Å². The van der Waals surface area contributed by atoms with Crippen LogP contribution in [0, 0.1) is 0 Å². The maximum Gasteiger partial charge on any atom is 0.0949 e. The van der Waals surface area contributed by atoms with Crippen molar-refractivity contribution in [1.29, 1.82) is 0 Å². The van der Waals surface area contributed by atoms with E-state index in [1.54, 1.807) is 24.6 Å². The van der Waals surface area contributed by atoms with Crippen LogP contribution in [0.1, 0.15) is 6.04 Å². The number of aromatic nitrogens is 2. The Morgan fingerprint density at radius 2 is 2.38 bits per heavy atom. The Kier molecular flexibility index (Phi) is 2.30. The molecule has 0 amide bonds. The highest BCUT2D eigenvalue weighted by atomic mass is 16.5. The number of ether oxygens (including phenoxy) is 1. The smallest absolute Gasteiger partial charge is 0.0949 e. The third-order valence-corrected chi connectivity index (χ3v) is 2.48. The van der Waals surface area contributed by atoms with Crippen LogP contribution in [0.3, 0.4) is 0 Å². The summed E-state index contributed by atoms with van der Waals surface area (Å²) in [7, 11) is 1.72. The van der Waals surface area contributed by atoms with E-state index in [-0.39, 0.29) is 12.1 Å². The molecule has 1 fully saturated rings. The number of nitrogens with zero attached hydrogens (tertiary/aromatic N) is 3. The normalized spacial score (nSPS) is 29.7. The molecule has 72 valence electrons. The Labute approximate surface area is 77.1 Å². The summed E-state index contributed by atoms with van der Waals surface area (Å²) in [6, 6.07) is 0.289. The van der Waals surface area contributed by atoms with Gasteiger partial charge in [0.2, 0.25) is 0 Å². The second-order valence-corrected chi connectivity index (χ2v) is 3.31. The van der Waals surface area contributed by atoms with E-state index in [1.165, 1.54) is 0 Å². The molecule has 1 aliphatic heterocycles. The van der Waals surface area contributed by atoms with Crippen molar-refractivity contribution < 1.29 is 4.74 Å². The van der Waals surface area contributed by atoms with Crippen LogP contribution in [0.5, 0.6) is 0 Å². The van der Waals surface area contributed by atoms with Crippen molar-refractivity contribution >= 4 is 0 Å². The number of hydrazine groups is 1. The third kappa shape index (κ3) is 1.58. The van der Waals surface area contributed by atoms with Gasteiger partial charge in [-0.1, -0.05) is 0 Å². The molecule has 0 spiro atoms. The number of rotatable bonds is 2. The Balaban J connectivity index is 2.14. The highest BCUT2D eigenvalue weighted by Gasteiger charge is 2.32.